The molecule has 0 atom stereocenters. The molecule has 0 amide bonds. The van der Waals surface area contributed by atoms with Crippen molar-refractivity contribution in [3.63, 3.8) is 0 Å². The average Bonchev–Trinajstić information content (AvgIpc) is 2.19. The van der Waals surface area contributed by atoms with Crippen molar-refractivity contribution in [2.75, 3.05) is 7.11 Å². The second kappa shape index (κ2) is 4.94. The molecule has 0 aromatic carbocycles. The first-order valence-electron chi connectivity index (χ1n) is 3.90. The van der Waals surface area contributed by atoms with Gasteiger partial charge in [0.05, 0.1) is 19.6 Å². The van der Waals surface area contributed by atoms with Gasteiger partial charge in [0, 0.05) is 18.0 Å². The standard InChI is InChI=1S/C10H10N2O/c1-13-10-5-7-12-8-9(10)4-2-3-6-11/h2,4-5,7-8H,3H2,1H3. The molecule has 1 aromatic rings. The van der Waals surface area contributed by atoms with Crippen LogP contribution in [0.1, 0.15) is 12.0 Å². The van der Waals surface area contributed by atoms with Crippen LogP contribution in [0.2, 0.25) is 0 Å². The highest BCUT2D eigenvalue weighted by atomic mass is 16.5. The molecule has 1 heterocycles. The molecule has 0 aliphatic rings. The van der Waals surface area contributed by atoms with Gasteiger partial charge in [0.25, 0.3) is 0 Å². The quantitative estimate of drug-likeness (QED) is 0.704. The molecule has 1 rings (SSSR count). The fourth-order valence-electron chi connectivity index (χ4n) is 0.944. The van der Waals surface area contributed by atoms with Gasteiger partial charge >= 0.3 is 0 Å². The SMILES string of the molecule is COc1ccncc1C=CCC#N. The monoisotopic (exact) mass is 174 g/mol. The Bertz CT molecular complexity index is 339. The second-order valence-corrected chi connectivity index (χ2v) is 2.38. The van der Waals surface area contributed by atoms with Crippen LogP contribution in [0.4, 0.5) is 0 Å². The van der Waals surface area contributed by atoms with E-state index in [1.807, 2.05) is 12.1 Å². The first kappa shape index (κ1) is 9.27. The van der Waals surface area contributed by atoms with E-state index in [-0.39, 0.29) is 0 Å². The molecular weight excluding hydrogens is 164 g/mol. The fraction of sp³-hybridized carbons (Fsp3) is 0.200. The maximum Gasteiger partial charge on any atom is 0.129 e. The minimum absolute atomic E-state index is 0.401. The number of nitriles is 1. The van der Waals surface area contributed by atoms with Crippen LogP contribution in [0, 0.1) is 11.3 Å². The Labute approximate surface area is 77.3 Å². The highest BCUT2D eigenvalue weighted by Gasteiger charge is 1.96. The van der Waals surface area contributed by atoms with Crippen molar-refractivity contribution in [3.8, 4) is 11.8 Å². The Kier molecular flexibility index (Phi) is 3.52. The molecule has 1 aromatic heterocycles. The van der Waals surface area contributed by atoms with Crippen molar-refractivity contribution in [1.29, 1.82) is 5.26 Å². The van der Waals surface area contributed by atoms with Gasteiger partial charge in [-0.2, -0.15) is 5.26 Å². The topological polar surface area (TPSA) is 45.9 Å². The van der Waals surface area contributed by atoms with Gasteiger partial charge in [-0.05, 0) is 6.07 Å². The molecule has 66 valence electrons. The van der Waals surface area contributed by atoms with Gasteiger partial charge in [-0.1, -0.05) is 12.2 Å². The summed E-state index contributed by atoms with van der Waals surface area (Å²) in [5, 5.41) is 8.32. The molecule has 0 unspecified atom stereocenters. The Hall–Kier alpha value is -1.82. The number of aromatic nitrogens is 1. The predicted octanol–water partition coefficient (Wildman–Crippen LogP) is 2.02. The van der Waals surface area contributed by atoms with E-state index in [4.69, 9.17) is 10.00 Å². The molecular formula is C10H10N2O. The molecule has 13 heavy (non-hydrogen) atoms. The minimum Gasteiger partial charge on any atom is -0.496 e. The third kappa shape index (κ3) is 2.60. The molecule has 0 radical (unpaired) electrons. The van der Waals surface area contributed by atoms with Gasteiger partial charge in [0.15, 0.2) is 0 Å². The molecule has 0 bridgehead atoms. The smallest absolute Gasteiger partial charge is 0.129 e. The Balaban J connectivity index is 2.82. The summed E-state index contributed by atoms with van der Waals surface area (Å²) >= 11 is 0. The average molecular weight is 174 g/mol. The van der Waals surface area contributed by atoms with E-state index in [2.05, 4.69) is 4.98 Å². The Morgan fingerprint density at radius 2 is 2.54 bits per heavy atom. The van der Waals surface area contributed by atoms with Crippen LogP contribution in [0.5, 0.6) is 5.75 Å². The van der Waals surface area contributed by atoms with Crippen molar-refractivity contribution in [2.45, 2.75) is 6.42 Å². The van der Waals surface area contributed by atoms with Gasteiger partial charge in [-0.25, -0.2) is 0 Å². The highest BCUT2D eigenvalue weighted by Crippen LogP contribution is 2.17. The van der Waals surface area contributed by atoms with Gasteiger partial charge < -0.3 is 4.74 Å². The molecule has 0 aliphatic carbocycles. The molecule has 0 fully saturated rings. The van der Waals surface area contributed by atoms with E-state index >= 15 is 0 Å². The molecule has 3 nitrogen and oxygen atoms in total. The van der Waals surface area contributed by atoms with Crippen LogP contribution in [0.25, 0.3) is 6.08 Å². The van der Waals surface area contributed by atoms with Gasteiger partial charge in [0.1, 0.15) is 5.75 Å². The number of ether oxygens (including phenoxy) is 1. The molecule has 0 saturated heterocycles. The van der Waals surface area contributed by atoms with E-state index in [0.717, 1.165) is 11.3 Å². The lowest BCUT2D eigenvalue weighted by Crippen LogP contribution is -1.86. The molecule has 0 spiro atoms. The first-order valence-corrected chi connectivity index (χ1v) is 3.90. The number of pyridine rings is 1. The Morgan fingerprint density at radius 1 is 1.69 bits per heavy atom. The summed E-state index contributed by atoms with van der Waals surface area (Å²) < 4.78 is 5.10. The van der Waals surface area contributed by atoms with Crippen molar-refractivity contribution < 1.29 is 4.74 Å². The van der Waals surface area contributed by atoms with Crippen molar-refractivity contribution in [1.82, 2.24) is 4.98 Å². The van der Waals surface area contributed by atoms with Gasteiger partial charge in [0.2, 0.25) is 0 Å². The van der Waals surface area contributed by atoms with Crippen molar-refractivity contribution in [3.05, 3.63) is 30.1 Å². The highest BCUT2D eigenvalue weighted by molar-refractivity contribution is 5.55. The van der Waals surface area contributed by atoms with Gasteiger partial charge in [-0.3, -0.25) is 4.98 Å². The lowest BCUT2D eigenvalue weighted by molar-refractivity contribution is 0.413. The number of nitrogens with zero attached hydrogens (tertiary/aromatic N) is 2. The fourth-order valence-corrected chi connectivity index (χ4v) is 0.944. The lowest BCUT2D eigenvalue weighted by atomic mass is 10.2. The summed E-state index contributed by atoms with van der Waals surface area (Å²) in [6.45, 7) is 0. The van der Waals surface area contributed by atoms with Crippen LogP contribution >= 0.6 is 0 Å². The third-order valence-electron chi connectivity index (χ3n) is 1.54. The zero-order valence-corrected chi connectivity index (χ0v) is 7.40. The normalized spacial score (nSPS) is 9.85. The summed E-state index contributed by atoms with van der Waals surface area (Å²) in [5.41, 5.74) is 0.889. The number of hydrogen-bond donors (Lipinski definition) is 0. The van der Waals surface area contributed by atoms with E-state index in [0.29, 0.717) is 6.42 Å². The predicted molar refractivity (Wildman–Crippen MR) is 50.1 cm³/mol. The van der Waals surface area contributed by atoms with Crippen LogP contribution < -0.4 is 4.74 Å². The van der Waals surface area contributed by atoms with Crippen molar-refractivity contribution >= 4 is 6.08 Å². The first-order chi connectivity index (χ1) is 6.38. The number of methoxy groups -OCH3 is 1. The van der Waals surface area contributed by atoms with Crippen LogP contribution in [0.15, 0.2) is 24.5 Å². The van der Waals surface area contributed by atoms with E-state index in [1.165, 1.54) is 0 Å². The van der Waals surface area contributed by atoms with E-state index in [9.17, 15) is 0 Å². The van der Waals surface area contributed by atoms with Crippen molar-refractivity contribution in [2.24, 2.45) is 0 Å². The molecule has 0 saturated carbocycles. The third-order valence-corrected chi connectivity index (χ3v) is 1.54. The number of hydrogen-bond acceptors (Lipinski definition) is 3. The zero-order chi connectivity index (χ0) is 9.52. The molecule has 0 aliphatic heterocycles. The summed E-state index contributed by atoms with van der Waals surface area (Å²) in [5.74, 6) is 0.768. The summed E-state index contributed by atoms with van der Waals surface area (Å²) in [6, 6.07) is 3.81. The van der Waals surface area contributed by atoms with E-state index in [1.54, 1.807) is 31.6 Å². The maximum absolute atomic E-state index is 8.32. The number of rotatable bonds is 3. The lowest BCUT2D eigenvalue weighted by Gasteiger charge is -2.01. The zero-order valence-electron chi connectivity index (χ0n) is 7.40. The summed E-state index contributed by atoms with van der Waals surface area (Å²) in [4.78, 5) is 3.96. The van der Waals surface area contributed by atoms with E-state index < -0.39 is 0 Å². The van der Waals surface area contributed by atoms with Crippen LogP contribution in [-0.2, 0) is 0 Å². The van der Waals surface area contributed by atoms with Crippen LogP contribution in [-0.4, -0.2) is 12.1 Å². The summed E-state index contributed by atoms with van der Waals surface area (Å²) in [6.07, 6.45) is 7.37. The number of allylic oxidation sites excluding steroid dienone is 1. The Morgan fingerprint density at radius 3 is 3.23 bits per heavy atom. The van der Waals surface area contributed by atoms with Crippen LogP contribution in [0.3, 0.4) is 0 Å². The molecule has 0 N–H and O–H groups in total. The molecule has 3 heteroatoms. The van der Waals surface area contributed by atoms with Gasteiger partial charge in [-0.15, -0.1) is 0 Å². The minimum atomic E-state index is 0.401. The largest absolute Gasteiger partial charge is 0.496 e. The second-order valence-electron chi connectivity index (χ2n) is 2.38. The summed E-state index contributed by atoms with van der Waals surface area (Å²) in [7, 11) is 1.61. The maximum atomic E-state index is 8.32.